The maximum absolute atomic E-state index is 12.0. The summed E-state index contributed by atoms with van der Waals surface area (Å²) in [5.74, 6) is 0.828. The summed E-state index contributed by atoms with van der Waals surface area (Å²) in [6.07, 6.45) is 3.75. The molecule has 3 rings (SSSR count). The normalized spacial score (nSPS) is 19.0. The molecule has 2 atom stereocenters. The van der Waals surface area contributed by atoms with Crippen LogP contribution >= 0.6 is 24.0 Å². The molecule has 2 heterocycles. The first kappa shape index (κ1) is 23.2. The van der Waals surface area contributed by atoms with E-state index in [-0.39, 0.29) is 41.8 Å². The first-order valence-electron chi connectivity index (χ1n) is 9.77. The van der Waals surface area contributed by atoms with Gasteiger partial charge < -0.3 is 15.0 Å². The number of halogens is 1. The number of aliphatic imine (C=N–C) groups is 1. The number of hydrogen-bond acceptors (Lipinski definition) is 4. The van der Waals surface area contributed by atoms with Crippen molar-refractivity contribution in [3.8, 4) is 0 Å². The number of rotatable bonds is 6. The van der Waals surface area contributed by atoms with Gasteiger partial charge in [0.15, 0.2) is 5.96 Å². The van der Waals surface area contributed by atoms with Crippen LogP contribution in [-0.2, 0) is 22.6 Å². The number of likely N-dealkylation sites (tertiary alicyclic amines) is 1. The number of carbonyl (C=O) groups excluding carboxylic acids is 1. The minimum absolute atomic E-state index is 0. The standard InChI is InChI=1S/C21H29N5O2.HI/c1-4-22-21(25-13-16(2)19(15-25)20(27)28-3)23-12-17-8-5-6-9-18(17)14-26-11-7-10-24-26;/h5-11,16,19H,4,12-15H2,1-3H3,(H,22,23);1H. The molecule has 0 spiro atoms. The van der Waals surface area contributed by atoms with E-state index < -0.39 is 0 Å². The van der Waals surface area contributed by atoms with Crippen LogP contribution in [0, 0.1) is 11.8 Å². The van der Waals surface area contributed by atoms with Gasteiger partial charge in [0.1, 0.15) is 0 Å². The molecule has 2 unspecified atom stereocenters. The lowest BCUT2D eigenvalue weighted by Crippen LogP contribution is -2.40. The van der Waals surface area contributed by atoms with Gasteiger partial charge in [-0.2, -0.15) is 5.10 Å². The van der Waals surface area contributed by atoms with Crippen LogP contribution in [0.1, 0.15) is 25.0 Å². The molecule has 29 heavy (non-hydrogen) atoms. The second kappa shape index (κ2) is 11.2. The van der Waals surface area contributed by atoms with Crippen molar-refractivity contribution in [2.75, 3.05) is 26.7 Å². The van der Waals surface area contributed by atoms with Crippen LogP contribution in [0.5, 0.6) is 0 Å². The van der Waals surface area contributed by atoms with E-state index in [1.165, 1.54) is 18.2 Å². The summed E-state index contributed by atoms with van der Waals surface area (Å²) in [7, 11) is 1.45. The zero-order valence-electron chi connectivity index (χ0n) is 17.2. The lowest BCUT2D eigenvalue weighted by atomic mass is 9.99. The lowest BCUT2D eigenvalue weighted by molar-refractivity contribution is -0.145. The number of nitrogens with one attached hydrogen (secondary N) is 1. The van der Waals surface area contributed by atoms with Crippen molar-refractivity contribution in [1.82, 2.24) is 20.0 Å². The third-order valence-electron chi connectivity index (χ3n) is 5.16. The minimum atomic E-state index is -0.143. The fourth-order valence-corrected chi connectivity index (χ4v) is 3.62. The molecular weight excluding hydrogens is 481 g/mol. The van der Waals surface area contributed by atoms with E-state index in [1.807, 2.05) is 29.1 Å². The lowest BCUT2D eigenvalue weighted by Gasteiger charge is -2.21. The molecule has 1 saturated heterocycles. The second-order valence-electron chi connectivity index (χ2n) is 7.15. The van der Waals surface area contributed by atoms with Crippen molar-refractivity contribution < 1.29 is 9.53 Å². The zero-order valence-corrected chi connectivity index (χ0v) is 19.6. The van der Waals surface area contributed by atoms with Crippen molar-refractivity contribution in [3.63, 3.8) is 0 Å². The summed E-state index contributed by atoms with van der Waals surface area (Å²) in [5, 5.41) is 7.66. The topological polar surface area (TPSA) is 71.8 Å². The highest BCUT2D eigenvalue weighted by atomic mass is 127. The number of esters is 1. The summed E-state index contributed by atoms with van der Waals surface area (Å²) < 4.78 is 6.87. The van der Waals surface area contributed by atoms with Gasteiger partial charge in [-0.3, -0.25) is 9.48 Å². The highest BCUT2D eigenvalue weighted by molar-refractivity contribution is 14.0. The Morgan fingerprint density at radius 3 is 2.69 bits per heavy atom. The molecule has 1 aliphatic heterocycles. The Labute approximate surface area is 189 Å². The fourth-order valence-electron chi connectivity index (χ4n) is 3.62. The first-order chi connectivity index (χ1) is 13.6. The van der Waals surface area contributed by atoms with Gasteiger partial charge >= 0.3 is 5.97 Å². The Bertz CT molecular complexity index is 809. The van der Waals surface area contributed by atoms with Gasteiger partial charge in [0.25, 0.3) is 0 Å². The van der Waals surface area contributed by atoms with Crippen LogP contribution < -0.4 is 5.32 Å². The van der Waals surface area contributed by atoms with E-state index >= 15 is 0 Å². The Kier molecular flexibility index (Phi) is 8.94. The van der Waals surface area contributed by atoms with Crippen molar-refractivity contribution in [2.45, 2.75) is 26.9 Å². The molecule has 0 amide bonds. The first-order valence-corrected chi connectivity index (χ1v) is 9.77. The Morgan fingerprint density at radius 1 is 1.28 bits per heavy atom. The molecule has 1 N–H and O–H groups in total. The quantitative estimate of drug-likeness (QED) is 0.280. The van der Waals surface area contributed by atoms with E-state index in [0.717, 1.165) is 25.6 Å². The number of hydrogen-bond donors (Lipinski definition) is 1. The van der Waals surface area contributed by atoms with Crippen molar-refractivity contribution in [1.29, 1.82) is 0 Å². The summed E-state index contributed by atoms with van der Waals surface area (Å²) in [4.78, 5) is 19.0. The maximum Gasteiger partial charge on any atom is 0.310 e. The number of nitrogens with zero attached hydrogens (tertiary/aromatic N) is 4. The van der Waals surface area contributed by atoms with Crippen LogP contribution in [0.2, 0.25) is 0 Å². The highest BCUT2D eigenvalue weighted by Gasteiger charge is 2.36. The SMILES string of the molecule is CCNC(=NCc1ccccc1Cn1cccn1)N1CC(C)C(C(=O)OC)C1.I. The molecular formula is C21H30IN5O2. The van der Waals surface area contributed by atoms with Gasteiger partial charge in [-0.25, -0.2) is 4.99 Å². The van der Waals surface area contributed by atoms with Crippen molar-refractivity contribution in [3.05, 3.63) is 53.9 Å². The summed E-state index contributed by atoms with van der Waals surface area (Å²) in [6, 6.07) is 10.2. The van der Waals surface area contributed by atoms with E-state index in [4.69, 9.17) is 9.73 Å². The molecule has 1 fully saturated rings. The van der Waals surface area contributed by atoms with Gasteiger partial charge in [0.05, 0.1) is 26.1 Å². The summed E-state index contributed by atoms with van der Waals surface area (Å²) >= 11 is 0. The average molecular weight is 511 g/mol. The van der Waals surface area contributed by atoms with E-state index in [1.54, 1.807) is 6.20 Å². The van der Waals surface area contributed by atoms with Gasteiger partial charge in [-0.15, -0.1) is 24.0 Å². The van der Waals surface area contributed by atoms with Crippen molar-refractivity contribution in [2.24, 2.45) is 16.8 Å². The highest BCUT2D eigenvalue weighted by Crippen LogP contribution is 2.24. The molecule has 0 radical (unpaired) electrons. The number of guanidine groups is 1. The van der Waals surface area contributed by atoms with Gasteiger partial charge in [0, 0.05) is 32.0 Å². The summed E-state index contributed by atoms with van der Waals surface area (Å²) in [6.45, 7) is 7.65. The molecule has 7 nitrogen and oxygen atoms in total. The van der Waals surface area contributed by atoms with E-state index in [0.29, 0.717) is 13.1 Å². The molecule has 0 saturated carbocycles. The second-order valence-corrected chi connectivity index (χ2v) is 7.15. The van der Waals surface area contributed by atoms with Crippen LogP contribution in [0.15, 0.2) is 47.7 Å². The Morgan fingerprint density at radius 2 is 2.03 bits per heavy atom. The number of benzene rings is 1. The smallest absolute Gasteiger partial charge is 0.310 e. The number of ether oxygens (including phenoxy) is 1. The third-order valence-corrected chi connectivity index (χ3v) is 5.16. The predicted octanol–water partition coefficient (Wildman–Crippen LogP) is 2.76. The van der Waals surface area contributed by atoms with E-state index in [9.17, 15) is 4.79 Å². The molecule has 8 heteroatoms. The number of carbonyl (C=O) groups is 1. The molecule has 0 bridgehead atoms. The van der Waals surface area contributed by atoms with Gasteiger partial charge in [-0.05, 0) is 30.0 Å². The summed E-state index contributed by atoms with van der Waals surface area (Å²) in [5.41, 5.74) is 2.37. The third kappa shape index (κ3) is 5.94. The van der Waals surface area contributed by atoms with Crippen LogP contribution in [0.3, 0.4) is 0 Å². The fraction of sp³-hybridized carbons (Fsp3) is 0.476. The van der Waals surface area contributed by atoms with Crippen LogP contribution in [0.4, 0.5) is 0 Å². The van der Waals surface area contributed by atoms with Gasteiger partial charge in [-0.1, -0.05) is 31.2 Å². The largest absolute Gasteiger partial charge is 0.469 e. The molecule has 158 valence electrons. The molecule has 1 aliphatic rings. The number of methoxy groups -OCH3 is 1. The van der Waals surface area contributed by atoms with Crippen molar-refractivity contribution >= 4 is 35.9 Å². The molecule has 0 aliphatic carbocycles. The van der Waals surface area contributed by atoms with Crippen LogP contribution in [0.25, 0.3) is 0 Å². The zero-order chi connectivity index (χ0) is 19.9. The Balaban J connectivity index is 0.00000300. The van der Waals surface area contributed by atoms with Gasteiger partial charge in [0.2, 0.25) is 0 Å². The predicted molar refractivity (Wildman–Crippen MR) is 124 cm³/mol. The molecule has 1 aromatic heterocycles. The molecule has 2 aromatic rings. The maximum atomic E-state index is 12.0. The number of aromatic nitrogens is 2. The minimum Gasteiger partial charge on any atom is -0.469 e. The Hall–Kier alpha value is -2.10. The average Bonchev–Trinajstić information content (AvgIpc) is 3.35. The molecule has 1 aromatic carbocycles. The monoisotopic (exact) mass is 511 g/mol. The van der Waals surface area contributed by atoms with Crippen LogP contribution in [-0.4, -0.2) is 53.4 Å². The van der Waals surface area contributed by atoms with E-state index in [2.05, 4.69) is 41.3 Å².